The van der Waals surface area contributed by atoms with Gasteiger partial charge in [-0.2, -0.15) is 0 Å². The number of fused-ring (bicyclic) bond motifs is 2. The Balaban J connectivity index is 1.18. The predicted octanol–water partition coefficient (Wildman–Crippen LogP) is 5.70. The monoisotopic (exact) mass is 564 g/mol. The standard InChI is InChI=1S/C31H40N4O2S2/c1-37-25-8-5-7-22(18-25)26-19-23(6-3-2-4-13-34-14-11-32-12-15-34)27(33-26)20-29-30(36)35(31(38)39-29)28-17-21-9-10-24(28)16-21/h5,7-8,18-21,24,28,32-33H,2-4,6,9-17H2,1H3/b29-20-. The molecule has 2 aliphatic heterocycles. The third kappa shape index (κ3) is 5.99. The number of hydrogen-bond acceptors (Lipinski definition) is 6. The molecule has 2 N–H and O–H groups in total. The lowest BCUT2D eigenvalue weighted by Gasteiger charge is -2.30. The molecule has 1 aromatic heterocycles. The first-order valence-corrected chi connectivity index (χ1v) is 15.9. The van der Waals surface area contributed by atoms with Gasteiger partial charge < -0.3 is 19.9 Å². The highest BCUT2D eigenvalue weighted by Crippen LogP contribution is 2.49. The number of amides is 1. The van der Waals surface area contributed by atoms with Crippen molar-refractivity contribution in [2.24, 2.45) is 11.8 Å². The van der Waals surface area contributed by atoms with Crippen LogP contribution in [0, 0.1) is 11.8 Å². The van der Waals surface area contributed by atoms with E-state index in [1.54, 1.807) is 7.11 Å². The molecule has 4 fully saturated rings. The molecule has 6 rings (SSSR count). The molecule has 1 amide bonds. The number of thioether (sulfide) groups is 1. The average Bonchev–Trinajstić information content (AvgIpc) is 3.74. The van der Waals surface area contributed by atoms with Crippen molar-refractivity contribution in [3.63, 3.8) is 0 Å². The highest BCUT2D eigenvalue weighted by molar-refractivity contribution is 8.26. The first-order chi connectivity index (χ1) is 19.1. The van der Waals surface area contributed by atoms with Crippen LogP contribution in [0.5, 0.6) is 5.75 Å². The summed E-state index contributed by atoms with van der Waals surface area (Å²) in [4.78, 5) is 22.5. The predicted molar refractivity (Wildman–Crippen MR) is 164 cm³/mol. The number of unbranched alkanes of at least 4 members (excludes halogenated alkanes) is 2. The van der Waals surface area contributed by atoms with Crippen LogP contribution in [0.1, 0.15) is 56.2 Å². The molecule has 6 nitrogen and oxygen atoms in total. The Labute approximate surface area is 241 Å². The number of carbonyl (C=O) groups is 1. The minimum atomic E-state index is 0.0991. The van der Waals surface area contributed by atoms with Gasteiger partial charge in [-0.1, -0.05) is 49.0 Å². The summed E-state index contributed by atoms with van der Waals surface area (Å²) in [5.74, 6) is 2.34. The summed E-state index contributed by atoms with van der Waals surface area (Å²) in [6.07, 6.45) is 11.6. The maximum Gasteiger partial charge on any atom is 0.266 e. The fraction of sp³-hybridized carbons (Fsp3) is 0.548. The third-order valence-corrected chi connectivity index (χ3v) is 10.4. The molecule has 0 spiro atoms. The van der Waals surface area contributed by atoms with Crippen molar-refractivity contribution in [1.82, 2.24) is 20.1 Å². The van der Waals surface area contributed by atoms with Crippen LogP contribution in [-0.2, 0) is 11.2 Å². The largest absolute Gasteiger partial charge is 0.497 e. The van der Waals surface area contributed by atoms with Gasteiger partial charge in [0.1, 0.15) is 10.1 Å². The van der Waals surface area contributed by atoms with Crippen molar-refractivity contribution >= 4 is 40.3 Å². The number of H-pyrrole nitrogens is 1. The number of aryl methyl sites for hydroxylation is 1. The number of aromatic amines is 1. The van der Waals surface area contributed by atoms with E-state index in [1.165, 1.54) is 56.0 Å². The van der Waals surface area contributed by atoms with E-state index in [4.69, 9.17) is 17.0 Å². The quantitative estimate of drug-likeness (QED) is 0.219. The normalized spacial score (nSPS) is 26.3. The number of thiocarbonyl (C=S) groups is 1. The van der Waals surface area contributed by atoms with E-state index in [0.717, 1.165) is 83.3 Å². The topological polar surface area (TPSA) is 60.6 Å². The number of ether oxygens (including phenoxy) is 1. The van der Waals surface area contributed by atoms with Crippen LogP contribution in [0.3, 0.4) is 0 Å². The van der Waals surface area contributed by atoms with E-state index in [1.807, 2.05) is 17.0 Å². The fourth-order valence-corrected chi connectivity index (χ4v) is 8.34. The van der Waals surface area contributed by atoms with Gasteiger partial charge in [-0.3, -0.25) is 9.69 Å². The molecule has 4 aliphatic rings. The molecule has 3 heterocycles. The summed E-state index contributed by atoms with van der Waals surface area (Å²) in [5.41, 5.74) is 4.44. The average molecular weight is 565 g/mol. The Kier molecular flexibility index (Phi) is 8.44. The smallest absolute Gasteiger partial charge is 0.266 e. The van der Waals surface area contributed by atoms with Crippen molar-refractivity contribution in [3.05, 3.63) is 46.5 Å². The van der Waals surface area contributed by atoms with Crippen molar-refractivity contribution in [2.45, 2.75) is 57.4 Å². The second-order valence-electron chi connectivity index (χ2n) is 11.6. The van der Waals surface area contributed by atoms with Gasteiger partial charge in [-0.05, 0) is 86.7 Å². The van der Waals surface area contributed by atoms with Crippen LogP contribution in [0.4, 0.5) is 0 Å². The maximum atomic E-state index is 13.6. The second-order valence-corrected chi connectivity index (χ2v) is 13.2. The van der Waals surface area contributed by atoms with Crippen molar-refractivity contribution in [3.8, 4) is 17.0 Å². The zero-order valence-corrected chi connectivity index (χ0v) is 24.5. The molecule has 1 aromatic carbocycles. The SMILES string of the molecule is COc1cccc(-c2cc(CCCCCN3CCNCC3)c(/C=C3\SC(=S)N(C4CC5CCC4C5)C3=O)[nH]2)c1. The van der Waals surface area contributed by atoms with Crippen LogP contribution in [-0.4, -0.2) is 70.9 Å². The summed E-state index contributed by atoms with van der Waals surface area (Å²) in [6.45, 7) is 5.71. The molecule has 2 saturated heterocycles. The van der Waals surface area contributed by atoms with E-state index in [-0.39, 0.29) is 5.91 Å². The zero-order chi connectivity index (χ0) is 26.8. The molecular formula is C31H40N4O2S2. The Morgan fingerprint density at radius 3 is 2.77 bits per heavy atom. The zero-order valence-electron chi connectivity index (χ0n) is 22.9. The summed E-state index contributed by atoms with van der Waals surface area (Å²) in [6, 6.07) is 10.7. The number of methoxy groups -OCH3 is 1. The summed E-state index contributed by atoms with van der Waals surface area (Å²) < 4.78 is 6.20. The van der Waals surface area contributed by atoms with Gasteiger partial charge >= 0.3 is 0 Å². The molecule has 0 radical (unpaired) electrons. The molecule has 2 aliphatic carbocycles. The number of nitrogens with zero attached hydrogens (tertiary/aromatic N) is 2. The van der Waals surface area contributed by atoms with Crippen LogP contribution < -0.4 is 10.1 Å². The van der Waals surface area contributed by atoms with E-state index in [2.05, 4.69) is 39.5 Å². The van der Waals surface area contributed by atoms with Crippen LogP contribution in [0.2, 0.25) is 0 Å². The summed E-state index contributed by atoms with van der Waals surface area (Å²) in [7, 11) is 1.70. The minimum Gasteiger partial charge on any atom is -0.497 e. The molecule has 2 bridgehead atoms. The van der Waals surface area contributed by atoms with Gasteiger partial charge in [0.15, 0.2) is 0 Å². The highest BCUT2D eigenvalue weighted by Gasteiger charge is 2.48. The lowest BCUT2D eigenvalue weighted by atomic mass is 9.94. The van der Waals surface area contributed by atoms with Crippen LogP contribution in [0.25, 0.3) is 17.3 Å². The first kappa shape index (κ1) is 27.1. The number of piperazine rings is 1. The van der Waals surface area contributed by atoms with E-state index in [0.29, 0.717) is 12.0 Å². The van der Waals surface area contributed by atoms with E-state index >= 15 is 0 Å². The number of aromatic nitrogens is 1. The van der Waals surface area contributed by atoms with E-state index < -0.39 is 0 Å². The molecule has 3 atom stereocenters. The highest BCUT2D eigenvalue weighted by atomic mass is 32.2. The maximum absolute atomic E-state index is 13.6. The lowest BCUT2D eigenvalue weighted by Crippen LogP contribution is -2.43. The second kappa shape index (κ2) is 12.2. The number of carbonyl (C=O) groups excluding carboxylic acids is 1. The number of rotatable bonds is 10. The number of benzene rings is 1. The molecule has 208 valence electrons. The molecule has 3 unspecified atom stereocenters. The molecular weight excluding hydrogens is 525 g/mol. The first-order valence-electron chi connectivity index (χ1n) is 14.7. The van der Waals surface area contributed by atoms with Crippen molar-refractivity contribution in [2.75, 3.05) is 39.8 Å². The molecule has 2 saturated carbocycles. The number of nitrogens with one attached hydrogen (secondary N) is 2. The van der Waals surface area contributed by atoms with Crippen LogP contribution in [0.15, 0.2) is 35.2 Å². The van der Waals surface area contributed by atoms with Gasteiger partial charge in [-0.15, -0.1) is 0 Å². The summed E-state index contributed by atoms with van der Waals surface area (Å²) >= 11 is 7.23. The van der Waals surface area contributed by atoms with Gasteiger partial charge in [0, 0.05) is 49.2 Å². The van der Waals surface area contributed by atoms with Gasteiger partial charge in [0.05, 0.1) is 12.0 Å². The van der Waals surface area contributed by atoms with Crippen molar-refractivity contribution in [1.29, 1.82) is 0 Å². The van der Waals surface area contributed by atoms with Gasteiger partial charge in [0.25, 0.3) is 5.91 Å². The Bertz CT molecular complexity index is 1230. The summed E-state index contributed by atoms with van der Waals surface area (Å²) in [5, 5.41) is 3.43. The molecule has 39 heavy (non-hydrogen) atoms. The van der Waals surface area contributed by atoms with Crippen molar-refractivity contribution < 1.29 is 9.53 Å². The van der Waals surface area contributed by atoms with E-state index in [9.17, 15) is 4.79 Å². The Morgan fingerprint density at radius 2 is 2.00 bits per heavy atom. The van der Waals surface area contributed by atoms with Gasteiger partial charge in [-0.25, -0.2) is 0 Å². The third-order valence-electron chi connectivity index (χ3n) is 9.08. The molecule has 2 aromatic rings. The fourth-order valence-electron chi connectivity index (χ4n) is 6.98. The Hall–Kier alpha value is -2.13. The Morgan fingerprint density at radius 1 is 1.13 bits per heavy atom. The molecule has 8 heteroatoms. The minimum absolute atomic E-state index is 0.0991. The van der Waals surface area contributed by atoms with Gasteiger partial charge in [0.2, 0.25) is 0 Å². The number of hydrogen-bond donors (Lipinski definition) is 2. The lowest BCUT2D eigenvalue weighted by molar-refractivity contribution is -0.124. The van der Waals surface area contributed by atoms with Crippen LogP contribution >= 0.6 is 24.0 Å².